The van der Waals surface area contributed by atoms with Gasteiger partial charge in [0.2, 0.25) is 0 Å². The summed E-state index contributed by atoms with van der Waals surface area (Å²) < 4.78 is 6.22. The largest absolute Gasteiger partial charge is 0.494 e. The van der Waals surface area contributed by atoms with Crippen molar-refractivity contribution < 1.29 is 9.53 Å². The third-order valence-electron chi connectivity index (χ3n) is 3.75. The second-order valence-electron chi connectivity index (χ2n) is 5.62. The molecule has 3 nitrogen and oxygen atoms in total. The van der Waals surface area contributed by atoms with Crippen LogP contribution in [0, 0.1) is 0 Å². The summed E-state index contributed by atoms with van der Waals surface area (Å²) >= 11 is 6.71. The fourth-order valence-electron chi connectivity index (χ4n) is 2.41. The van der Waals surface area contributed by atoms with Gasteiger partial charge in [0.05, 0.1) is 17.2 Å². The van der Waals surface area contributed by atoms with Crippen LogP contribution in [-0.2, 0) is 4.79 Å². The number of para-hydroxylation sites is 1. The van der Waals surface area contributed by atoms with Crippen LogP contribution < -0.4 is 9.64 Å². The van der Waals surface area contributed by atoms with Crippen molar-refractivity contribution in [3.63, 3.8) is 0 Å². The van der Waals surface area contributed by atoms with Crippen molar-refractivity contribution in [2.45, 2.75) is 19.8 Å². The minimum atomic E-state index is -0.0792. The summed E-state index contributed by atoms with van der Waals surface area (Å²) in [5.41, 5.74) is 1.75. The summed E-state index contributed by atoms with van der Waals surface area (Å²) in [7, 11) is 0. The highest BCUT2D eigenvalue weighted by Crippen LogP contribution is 2.35. The smallest absolute Gasteiger partial charge is 0.270 e. The Bertz CT molecular complexity index is 785. The van der Waals surface area contributed by atoms with Gasteiger partial charge in [-0.1, -0.05) is 67.7 Å². The Morgan fingerprint density at radius 1 is 1.12 bits per heavy atom. The van der Waals surface area contributed by atoms with Gasteiger partial charge in [-0.3, -0.25) is 9.69 Å². The molecule has 5 heteroatoms. The van der Waals surface area contributed by atoms with Crippen molar-refractivity contribution in [1.29, 1.82) is 0 Å². The second kappa shape index (κ2) is 8.32. The lowest BCUT2D eigenvalue weighted by Crippen LogP contribution is -2.27. The van der Waals surface area contributed by atoms with Gasteiger partial charge < -0.3 is 4.74 Å². The molecule has 0 spiro atoms. The standard InChI is InChI=1S/C20H19NO2S2/c1-2-3-13-23-17-11-9-15(10-12-17)14-18-19(22)21(20(24)25-18)16-7-5-4-6-8-16/h4-12,14H,2-3,13H2,1H3/b18-14-. The van der Waals surface area contributed by atoms with Crippen molar-refractivity contribution in [3.8, 4) is 5.75 Å². The first-order valence-electron chi connectivity index (χ1n) is 8.25. The molecule has 0 aliphatic carbocycles. The number of carbonyl (C=O) groups is 1. The average Bonchev–Trinajstić information content (AvgIpc) is 2.91. The highest BCUT2D eigenvalue weighted by molar-refractivity contribution is 8.27. The van der Waals surface area contributed by atoms with Crippen molar-refractivity contribution >= 4 is 46.0 Å². The maximum Gasteiger partial charge on any atom is 0.270 e. The number of hydrogen-bond donors (Lipinski definition) is 0. The van der Waals surface area contributed by atoms with Crippen LogP contribution in [0.25, 0.3) is 6.08 Å². The summed E-state index contributed by atoms with van der Waals surface area (Å²) in [5, 5.41) is 0. The minimum absolute atomic E-state index is 0.0792. The average molecular weight is 370 g/mol. The fraction of sp³-hybridized carbons (Fsp3) is 0.200. The van der Waals surface area contributed by atoms with E-state index in [-0.39, 0.29) is 5.91 Å². The molecular weight excluding hydrogens is 350 g/mol. The number of thiocarbonyl (C=S) groups is 1. The van der Waals surface area contributed by atoms with Gasteiger partial charge in [0, 0.05) is 0 Å². The summed E-state index contributed by atoms with van der Waals surface area (Å²) in [6.45, 7) is 2.86. The van der Waals surface area contributed by atoms with Crippen LogP contribution in [0.15, 0.2) is 59.5 Å². The van der Waals surface area contributed by atoms with Crippen LogP contribution in [0.3, 0.4) is 0 Å². The number of ether oxygens (including phenoxy) is 1. The zero-order chi connectivity index (χ0) is 17.6. The van der Waals surface area contributed by atoms with Crippen LogP contribution >= 0.6 is 24.0 Å². The zero-order valence-corrected chi connectivity index (χ0v) is 15.6. The van der Waals surface area contributed by atoms with E-state index in [2.05, 4.69) is 6.92 Å². The molecular formula is C20H19NO2S2. The normalized spacial score (nSPS) is 15.9. The fourth-order valence-corrected chi connectivity index (χ4v) is 3.71. The molecule has 1 aliphatic heterocycles. The van der Waals surface area contributed by atoms with E-state index >= 15 is 0 Å². The predicted molar refractivity (Wildman–Crippen MR) is 109 cm³/mol. The molecule has 1 fully saturated rings. The maximum absolute atomic E-state index is 12.7. The van der Waals surface area contributed by atoms with Gasteiger partial charge in [0.25, 0.3) is 5.91 Å². The molecule has 0 N–H and O–H groups in total. The first kappa shape index (κ1) is 17.7. The van der Waals surface area contributed by atoms with Crippen LogP contribution in [0.5, 0.6) is 5.75 Å². The molecule has 0 atom stereocenters. The first-order chi connectivity index (χ1) is 12.2. The molecule has 1 saturated heterocycles. The van der Waals surface area contributed by atoms with Crippen molar-refractivity contribution in [2.24, 2.45) is 0 Å². The molecule has 3 rings (SSSR count). The quantitative estimate of drug-likeness (QED) is 0.394. The van der Waals surface area contributed by atoms with Gasteiger partial charge in [0.15, 0.2) is 4.32 Å². The Morgan fingerprint density at radius 2 is 1.84 bits per heavy atom. The number of hydrogen-bond acceptors (Lipinski definition) is 4. The lowest BCUT2D eigenvalue weighted by Gasteiger charge is -2.13. The van der Waals surface area contributed by atoms with E-state index in [0.29, 0.717) is 9.23 Å². The molecule has 2 aromatic carbocycles. The maximum atomic E-state index is 12.7. The topological polar surface area (TPSA) is 29.5 Å². The second-order valence-corrected chi connectivity index (χ2v) is 7.30. The third kappa shape index (κ3) is 4.30. The van der Waals surface area contributed by atoms with Crippen LogP contribution in [0.4, 0.5) is 5.69 Å². The molecule has 2 aromatic rings. The first-order valence-corrected chi connectivity index (χ1v) is 9.47. The molecule has 128 valence electrons. The Morgan fingerprint density at radius 3 is 2.52 bits per heavy atom. The number of rotatable bonds is 6. The van der Waals surface area contributed by atoms with Crippen LogP contribution in [-0.4, -0.2) is 16.8 Å². The van der Waals surface area contributed by atoms with E-state index in [9.17, 15) is 4.79 Å². The summed E-state index contributed by atoms with van der Waals surface area (Å²) in [6.07, 6.45) is 4.03. The molecule has 25 heavy (non-hydrogen) atoms. The highest BCUT2D eigenvalue weighted by atomic mass is 32.2. The van der Waals surface area contributed by atoms with Crippen LogP contribution in [0.2, 0.25) is 0 Å². The number of amides is 1. The summed E-state index contributed by atoms with van der Waals surface area (Å²) in [5.74, 6) is 0.770. The van der Waals surface area contributed by atoms with Crippen LogP contribution in [0.1, 0.15) is 25.3 Å². The number of nitrogens with zero attached hydrogens (tertiary/aromatic N) is 1. The molecule has 1 aliphatic rings. The number of thioether (sulfide) groups is 1. The van der Waals surface area contributed by atoms with Crippen molar-refractivity contribution in [3.05, 3.63) is 65.1 Å². The SMILES string of the molecule is CCCCOc1ccc(/C=C2\SC(=S)N(c3ccccc3)C2=O)cc1. The summed E-state index contributed by atoms with van der Waals surface area (Å²) in [6, 6.07) is 17.3. The number of carbonyl (C=O) groups excluding carboxylic acids is 1. The predicted octanol–water partition coefficient (Wildman–Crippen LogP) is 5.27. The Hall–Kier alpha value is -2.11. The number of unbranched alkanes of at least 4 members (excludes halogenated alkanes) is 1. The highest BCUT2D eigenvalue weighted by Gasteiger charge is 2.33. The van der Waals surface area contributed by atoms with Gasteiger partial charge in [-0.25, -0.2) is 0 Å². The zero-order valence-electron chi connectivity index (χ0n) is 14.0. The van der Waals surface area contributed by atoms with Gasteiger partial charge >= 0.3 is 0 Å². The molecule has 0 radical (unpaired) electrons. The van der Waals surface area contributed by atoms with E-state index < -0.39 is 0 Å². The van der Waals surface area contributed by atoms with Gasteiger partial charge in [-0.15, -0.1) is 0 Å². The summed E-state index contributed by atoms with van der Waals surface area (Å²) in [4.78, 5) is 14.9. The van der Waals surface area contributed by atoms with E-state index in [1.807, 2.05) is 60.7 Å². The lowest BCUT2D eigenvalue weighted by molar-refractivity contribution is -0.113. The van der Waals surface area contributed by atoms with Crippen molar-refractivity contribution in [1.82, 2.24) is 0 Å². The number of benzene rings is 2. The van der Waals surface area contributed by atoms with Gasteiger partial charge in [-0.2, -0.15) is 0 Å². The van der Waals surface area contributed by atoms with E-state index in [4.69, 9.17) is 17.0 Å². The van der Waals surface area contributed by atoms with Gasteiger partial charge in [0.1, 0.15) is 5.75 Å². The molecule has 1 heterocycles. The molecule has 0 bridgehead atoms. The van der Waals surface area contributed by atoms with Crippen molar-refractivity contribution in [2.75, 3.05) is 11.5 Å². The van der Waals surface area contributed by atoms with E-state index in [1.54, 1.807) is 4.90 Å². The van der Waals surface area contributed by atoms with Gasteiger partial charge in [-0.05, 0) is 42.3 Å². The molecule has 0 saturated carbocycles. The van der Waals surface area contributed by atoms with E-state index in [0.717, 1.165) is 36.4 Å². The molecule has 0 unspecified atom stereocenters. The third-order valence-corrected chi connectivity index (χ3v) is 5.05. The minimum Gasteiger partial charge on any atom is -0.494 e. The molecule has 1 amide bonds. The number of anilines is 1. The Labute approximate surface area is 157 Å². The lowest BCUT2D eigenvalue weighted by atomic mass is 10.2. The molecule has 0 aromatic heterocycles. The monoisotopic (exact) mass is 369 g/mol. The van der Waals surface area contributed by atoms with E-state index in [1.165, 1.54) is 11.8 Å². The Kier molecular flexibility index (Phi) is 5.89. The Balaban J connectivity index is 1.73.